The molecule has 2 rings (SSSR count). The molecule has 0 aliphatic rings. The van der Waals surface area contributed by atoms with Crippen LogP contribution in [-0.4, -0.2) is 31.4 Å². The molecule has 0 fully saturated rings. The van der Waals surface area contributed by atoms with Gasteiger partial charge in [0, 0.05) is 28.2 Å². The number of sulfonamides is 1. The normalized spacial score (nSPS) is 11.6. The van der Waals surface area contributed by atoms with Crippen LogP contribution in [0.3, 0.4) is 0 Å². The predicted molar refractivity (Wildman–Crippen MR) is 105 cm³/mol. The topological polar surface area (TPSA) is 66.5 Å². The van der Waals surface area contributed by atoms with Crippen molar-refractivity contribution >= 4 is 50.7 Å². The number of hydrogen-bond donors (Lipinski definition) is 1. The molecule has 1 N–H and O–H groups in total. The predicted octanol–water partition coefficient (Wildman–Crippen LogP) is 3.72. The number of nitrogens with one attached hydrogen (secondary N) is 1. The van der Waals surface area contributed by atoms with Gasteiger partial charge in [-0.2, -0.15) is 4.31 Å². The van der Waals surface area contributed by atoms with Gasteiger partial charge in [-0.15, -0.1) is 0 Å². The van der Waals surface area contributed by atoms with Crippen LogP contribution in [0.4, 0.5) is 0 Å². The smallest absolute Gasteiger partial charge is 0.235 e. The zero-order chi connectivity index (χ0) is 19.3. The molecule has 0 unspecified atom stereocenters. The number of benzene rings is 2. The molecule has 0 aliphatic heterocycles. The highest BCUT2D eigenvalue weighted by molar-refractivity contribution is 7.88. The van der Waals surface area contributed by atoms with Gasteiger partial charge in [0.05, 0.1) is 12.8 Å². The lowest BCUT2D eigenvalue weighted by atomic mass is 10.2. The summed E-state index contributed by atoms with van der Waals surface area (Å²) in [6.45, 7) is -0.151. The fourth-order valence-corrected chi connectivity index (χ4v) is 3.58. The Bertz CT molecular complexity index is 904. The van der Waals surface area contributed by atoms with Gasteiger partial charge in [-0.05, 0) is 29.3 Å². The maximum atomic E-state index is 12.2. The van der Waals surface area contributed by atoms with Crippen LogP contribution in [0.2, 0.25) is 15.1 Å². The molecule has 0 saturated heterocycles. The molecule has 0 aromatic heterocycles. The van der Waals surface area contributed by atoms with Crippen LogP contribution >= 0.6 is 34.8 Å². The average molecular weight is 436 g/mol. The number of rotatable bonds is 7. The Hall–Kier alpha value is -1.31. The summed E-state index contributed by atoms with van der Waals surface area (Å²) in [5, 5.41) is 4.01. The highest BCUT2D eigenvalue weighted by Gasteiger charge is 2.21. The van der Waals surface area contributed by atoms with Gasteiger partial charge in [-0.1, -0.05) is 59.1 Å². The number of amides is 1. The fourth-order valence-electron chi connectivity index (χ4n) is 2.18. The average Bonchev–Trinajstić information content (AvgIpc) is 2.54. The molecule has 26 heavy (non-hydrogen) atoms. The molecule has 0 saturated carbocycles. The van der Waals surface area contributed by atoms with E-state index in [0.29, 0.717) is 26.2 Å². The first kappa shape index (κ1) is 21.0. The maximum Gasteiger partial charge on any atom is 0.235 e. The minimum absolute atomic E-state index is 0.00757. The van der Waals surface area contributed by atoms with E-state index in [0.717, 1.165) is 10.6 Å². The lowest BCUT2D eigenvalue weighted by Crippen LogP contribution is -2.39. The van der Waals surface area contributed by atoms with Crippen LogP contribution in [0.5, 0.6) is 0 Å². The van der Waals surface area contributed by atoms with Gasteiger partial charge in [0.15, 0.2) is 0 Å². The largest absolute Gasteiger partial charge is 0.351 e. The zero-order valence-electron chi connectivity index (χ0n) is 13.9. The number of halogens is 3. The van der Waals surface area contributed by atoms with Crippen LogP contribution in [-0.2, 0) is 27.9 Å². The highest BCUT2D eigenvalue weighted by Crippen LogP contribution is 2.21. The summed E-state index contributed by atoms with van der Waals surface area (Å²) in [4.78, 5) is 12.2. The molecule has 2 aromatic rings. The molecule has 1 amide bonds. The summed E-state index contributed by atoms with van der Waals surface area (Å²) in [7, 11) is -3.60. The molecule has 0 aliphatic carbocycles. The van der Waals surface area contributed by atoms with Gasteiger partial charge in [-0.25, -0.2) is 8.42 Å². The molecule has 0 atom stereocenters. The van der Waals surface area contributed by atoms with E-state index in [1.165, 1.54) is 0 Å². The first-order chi connectivity index (χ1) is 12.2. The first-order valence-corrected chi connectivity index (χ1v) is 10.5. The molecule has 5 nitrogen and oxygen atoms in total. The Kier molecular flexibility index (Phi) is 7.32. The van der Waals surface area contributed by atoms with E-state index in [1.54, 1.807) is 42.5 Å². The number of carbonyl (C=O) groups is 1. The zero-order valence-corrected chi connectivity index (χ0v) is 17.0. The molecule has 0 bridgehead atoms. The molecule has 9 heteroatoms. The van der Waals surface area contributed by atoms with Crippen molar-refractivity contribution in [1.82, 2.24) is 9.62 Å². The molecule has 0 spiro atoms. The summed E-state index contributed by atoms with van der Waals surface area (Å²) in [5.41, 5.74) is 1.30. The molecule has 0 radical (unpaired) electrons. The van der Waals surface area contributed by atoms with Gasteiger partial charge in [0.25, 0.3) is 0 Å². The van der Waals surface area contributed by atoms with Crippen LogP contribution in [0.15, 0.2) is 42.5 Å². The quantitative estimate of drug-likeness (QED) is 0.721. The lowest BCUT2D eigenvalue weighted by Gasteiger charge is -2.20. The second kappa shape index (κ2) is 9.06. The Morgan fingerprint density at radius 2 is 1.73 bits per heavy atom. The fraction of sp³-hybridized carbons (Fsp3) is 0.235. The van der Waals surface area contributed by atoms with E-state index in [2.05, 4.69) is 5.32 Å². The third-order valence-corrected chi connectivity index (χ3v) is 5.74. The van der Waals surface area contributed by atoms with Crippen molar-refractivity contribution in [3.05, 3.63) is 68.7 Å². The molecular formula is C17H17Cl3N2O3S. The van der Waals surface area contributed by atoms with E-state index in [9.17, 15) is 13.2 Å². The standard InChI is InChI=1S/C17H17Cl3N2O3S/c1-26(24,25)22(10-13-4-2-3-5-15(13)19)11-17(23)21-9-12-6-7-14(18)8-16(12)20/h2-8H,9-11H2,1H3,(H,21,23). The molecule has 140 valence electrons. The van der Waals surface area contributed by atoms with E-state index < -0.39 is 15.9 Å². The van der Waals surface area contributed by atoms with Crippen molar-refractivity contribution in [2.75, 3.05) is 12.8 Å². The number of hydrogen-bond acceptors (Lipinski definition) is 3. The van der Waals surface area contributed by atoms with Crippen molar-refractivity contribution in [3.8, 4) is 0 Å². The summed E-state index contributed by atoms with van der Waals surface area (Å²) >= 11 is 18.0. The van der Waals surface area contributed by atoms with Crippen molar-refractivity contribution in [3.63, 3.8) is 0 Å². The van der Waals surface area contributed by atoms with Crippen molar-refractivity contribution in [2.45, 2.75) is 13.1 Å². The monoisotopic (exact) mass is 434 g/mol. The van der Waals surface area contributed by atoms with E-state index in [1.807, 2.05) is 0 Å². The third-order valence-electron chi connectivity index (χ3n) is 3.58. The van der Waals surface area contributed by atoms with Gasteiger partial charge in [0.1, 0.15) is 0 Å². The van der Waals surface area contributed by atoms with Crippen LogP contribution in [0, 0.1) is 0 Å². The van der Waals surface area contributed by atoms with Crippen LogP contribution < -0.4 is 5.32 Å². The molecule has 2 aromatic carbocycles. The highest BCUT2D eigenvalue weighted by atomic mass is 35.5. The number of carbonyl (C=O) groups excluding carboxylic acids is 1. The van der Waals surface area contributed by atoms with E-state index >= 15 is 0 Å². The van der Waals surface area contributed by atoms with E-state index in [4.69, 9.17) is 34.8 Å². The second-order valence-corrected chi connectivity index (χ2v) is 8.87. The third kappa shape index (κ3) is 6.14. The number of nitrogens with zero attached hydrogens (tertiary/aromatic N) is 1. The Morgan fingerprint density at radius 1 is 1.04 bits per heavy atom. The van der Waals surface area contributed by atoms with E-state index in [-0.39, 0.29) is 19.6 Å². The van der Waals surface area contributed by atoms with Gasteiger partial charge < -0.3 is 5.32 Å². The van der Waals surface area contributed by atoms with Crippen molar-refractivity contribution in [2.24, 2.45) is 0 Å². The van der Waals surface area contributed by atoms with Gasteiger partial charge in [-0.3, -0.25) is 4.79 Å². The van der Waals surface area contributed by atoms with Crippen LogP contribution in [0.1, 0.15) is 11.1 Å². The Labute approximate surface area is 167 Å². The Balaban J connectivity index is 2.04. The second-order valence-electron chi connectivity index (χ2n) is 5.63. The minimum atomic E-state index is -3.60. The van der Waals surface area contributed by atoms with Crippen molar-refractivity contribution < 1.29 is 13.2 Å². The summed E-state index contributed by atoms with van der Waals surface area (Å²) in [5.74, 6) is -0.450. The molecule has 0 heterocycles. The Morgan fingerprint density at radius 3 is 2.35 bits per heavy atom. The maximum absolute atomic E-state index is 12.2. The summed E-state index contributed by atoms with van der Waals surface area (Å²) in [6.07, 6.45) is 1.05. The van der Waals surface area contributed by atoms with Gasteiger partial charge in [0.2, 0.25) is 15.9 Å². The lowest BCUT2D eigenvalue weighted by molar-refractivity contribution is -0.121. The first-order valence-electron chi connectivity index (χ1n) is 7.56. The van der Waals surface area contributed by atoms with Gasteiger partial charge >= 0.3 is 0 Å². The summed E-state index contributed by atoms with van der Waals surface area (Å²) in [6, 6.07) is 11.8. The van der Waals surface area contributed by atoms with Crippen LogP contribution in [0.25, 0.3) is 0 Å². The minimum Gasteiger partial charge on any atom is -0.351 e. The molecular weight excluding hydrogens is 419 g/mol. The van der Waals surface area contributed by atoms with Crippen molar-refractivity contribution in [1.29, 1.82) is 0 Å². The summed E-state index contributed by atoms with van der Waals surface area (Å²) < 4.78 is 25.1. The SMILES string of the molecule is CS(=O)(=O)N(CC(=O)NCc1ccc(Cl)cc1Cl)Cc1ccccc1Cl.